The Morgan fingerprint density at radius 3 is 2.66 bits per heavy atom. The fourth-order valence-electron chi connectivity index (χ4n) is 2.97. The van der Waals surface area contributed by atoms with Gasteiger partial charge in [0.1, 0.15) is 17.0 Å². The molecule has 0 unspecified atom stereocenters. The third kappa shape index (κ3) is 4.57. The molecule has 0 aliphatic heterocycles. The number of hydrogen-bond acceptors (Lipinski definition) is 5. The van der Waals surface area contributed by atoms with Crippen LogP contribution in [0, 0.1) is 5.82 Å². The monoisotopic (exact) mass is 407 g/mol. The number of benzene rings is 2. The number of ether oxygens (including phenoxy) is 1. The average molecular weight is 407 g/mol. The van der Waals surface area contributed by atoms with E-state index in [4.69, 9.17) is 4.74 Å². The van der Waals surface area contributed by atoms with E-state index >= 15 is 0 Å². The Bertz CT molecular complexity index is 1110. The molecule has 2 aromatic carbocycles. The number of carbonyl (C=O) groups is 1. The molecule has 29 heavy (non-hydrogen) atoms. The van der Waals surface area contributed by atoms with E-state index in [-0.39, 0.29) is 18.3 Å². The number of rotatable bonds is 7. The number of thiophene rings is 1. The van der Waals surface area contributed by atoms with Gasteiger partial charge in [-0.15, -0.1) is 11.3 Å². The molecule has 0 atom stereocenters. The highest BCUT2D eigenvalue weighted by atomic mass is 32.1. The van der Waals surface area contributed by atoms with E-state index in [0.29, 0.717) is 18.8 Å². The first-order chi connectivity index (χ1) is 14.2. The fourth-order valence-corrected chi connectivity index (χ4v) is 3.88. The Labute approximate surface area is 171 Å². The molecule has 1 N–H and O–H groups in total. The first-order valence-electron chi connectivity index (χ1n) is 9.12. The van der Waals surface area contributed by atoms with Crippen molar-refractivity contribution in [3.8, 4) is 17.0 Å². The lowest BCUT2D eigenvalue weighted by Crippen LogP contribution is -2.30. The molecule has 0 fully saturated rings. The van der Waals surface area contributed by atoms with Gasteiger partial charge in [0, 0.05) is 17.5 Å². The molecule has 2 heterocycles. The summed E-state index contributed by atoms with van der Waals surface area (Å²) in [4.78, 5) is 21.5. The molecule has 1 amide bonds. The molecule has 7 heteroatoms. The van der Waals surface area contributed by atoms with Gasteiger partial charge in [-0.25, -0.2) is 14.4 Å². The van der Waals surface area contributed by atoms with E-state index < -0.39 is 0 Å². The number of nitrogens with zero attached hydrogens (tertiary/aromatic N) is 2. The first-order valence-corrected chi connectivity index (χ1v) is 10.0. The van der Waals surface area contributed by atoms with Crippen LogP contribution < -0.4 is 10.1 Å². The molecule has 0 spiro atoms. The number of amides is 1. The van der Waals surface area contributed by atoms with Crippen molar-refractivity contribution in [1.29, 1.82) is 0 Å². The number of hydrogen-bond donors (Lipinski definition) is 1. The predicted molar refractivity (Wildman–Crippen MR) is 111 cm³/mol. The van der Waals surface area contributed by atoms with Crippen LogP contribution in [0.1, 0.15) is 5.56 Å². The van der Waals surface area contributed by atoms with Gasteiger partial charge in [-0.1, -0.05) is 42.5 Å². The minimum atomic E-state index is -0.273. The van der Waals surface area contributed by atoms with Gasteiger partial charge in [0.2, 0.25) is 5.88 Å². The van der Waals surface area contributed by atoms with E-state index in [1.54, 1.807) is 12.1 Å². The summed E-state index contributed by atoms with van der Waals surface area (Å²) in [5.74, 6) is -0.121. The zero-order valence-electron chi connectivity index (χ0n) is 15.5. The minimum Gasteiger partial charge on any atom is -0.467 e. The van der Waals surface area contributed by atoms with E-state index in [0.717, 1.165) is 26.9 Å². The van der Waals surface area contributed by atoms with Gasteiger partial charge in [0.15, 0.2) is 6.61 Å². The molecule has 0 bridgehead atoms. The van der Waals surface area contributed by atoms with Crippen molar-refractivity contribution in [3.63, 3.8) is 0 Å². The van der Waals surface area contributed by atoms with Crippen molar-refractivity contribution in [2.45, 2.75) is 6.42 Å². The molecular weight excluding hydrogens is 389 g/mol. The lowest BCUT2D eigenvalue weighted by atomic mass is 10.1. The van der Waals surface area contributed by atoms with Crippen LogP contribution in [0.4, 0.5) is 4.39 Å². The third-order valence-electron chi connectivity index (χ3n) is 4.41. The summed E-state index contributed by atoms with van der Waals surface area (Å²) in [7, 11) is 0. The summed E-state index contributed by atoms with van der Waals surface area (Å²) in [6, 6.07) is 16.2. The summed E-state index contributed by atoms with van der Waals surface area (Å²) in [5, 5.41) is 5.63. The van der Waals surface area contributed by atoms with Crippen molar-refractivity contribution in [2.75, 3.05) is 13.2 Å². The maximum atomic E-state index is 12.9. The zero-order chi connectivity index (χ0) is 20.1. The molecule has 0 aliphatic carbocycles. The molecular formula is C22H18FN3O2S. The predicted octanol–water partition coefficient (Wildman–Crippen LogP) is 4.24. The van der Waals surface area contributed by atoms with Crippen molar-refractivity contribution in [2.24, 2.45) is 0 Å². The number of halogens is 1. The minimum absolute atomic E-state index is 0.139. The molecule has 2 aromatic heterocycles. The maximum Gasteiger partial charge on any atom is 0.258 e. The number of fused-ring (bicyclic) bond motifs is 1. The number of nitrogens with one attached hydrogen (secondary N) is 1. The van der Waals surface area contributed by atoms with Crippen LogP contribution in [0.25, 0.3) is 21.3 Å². The lowest BCUT2D eigenvalue weighted by Gasteiger charge is -2.09. The summed E-state index contributed by atoms with van der Waals surface area (Å²) >= 11 is 1.51. The maximum absolute atomic E-state index is 12.9. The molecule has 4 aromatic rings. The number of aromatic nitrogens is 2. The van der Waals surface area contributed by atoms with Gasteiger partial charge >= 0.3 is 0 Å². The van der Waals surface area contributed by atoms with Crippen molar-refractivity contribution < 1.29 is 13.9 Å². The van der Waals surface area contributed by atoms with Crippen LogP contribution in [-0.2, 0) is 11.2 Å². The zero-order valence-corrected chi connectivity index (χ0v) is 16.3. The van der Waals surface area contributed by atoms with Crippen molar-refractivity contribution in [1.82, 2.24) is 15.3 Å². The van der Waals surface area contributed by atoms with Crippen LogP contribution in [0.5, 0.6) is 5.88 Å². The Kier molecular flexibility index (Phi) is 5.76. The van der Waals surface area contributed by atoms with Crippen molar-refractivity contribution in [3.05, 3.63) is 77.7 Å². The van der Waals surface area contributed by atoms with E-state index in [9.17, 15) is 9.18 Å². The van der Waals surface area contributed by atoms with Gasteiger partial charge in [-0.2, -0.15) is 0 Å². The second kappa shape index (κ2) is 8.79. The second-order valence-electron chi connectivity index (χ2n) is 6.39. The Morgan fingerprint density at radius 2 is 1.86 bits per heavy atom. The average Bonchev–Trinajstić information content (AvgIpc) is 3.19. The Morgan fingerprint density at radius 1 is 1.07 bits per heavy atom. The molecule has 0 radical (unpaired) electrons. The molecule has 0 saturated carbocycles. The van der Waals surface area contributed by atoms with Gasteiger partial charge in [0.05, 0.1) is 5.39 Å². The largest absolute Gasteiger partial charge is 0.467 e. The highest BCUT2D eigenvalue weighted by molar-refractivity contribution is 7.17. The van der Waals surface area contributed by atoms with E-state index in [1.165, 1.54) is 29.8 Å². The van der Waals surface area contributed by atoms with Gasteiger partial charge in [0.25, 0.3) is 5.91 Å². The molecule has 5 nitrogen and oxygen atoms in total. The normalized spacial score (nSPS) is 10.8. The van der Waals surface area contributed by atoms with Crippen LogP contribution in [0.2, 0.25) is 0 Å². The standard InChI is InChI=1S/C22H18FN3O2S/c23-17-8-6-15(7-9-17)10-11-24-19(27)12-28-21-20-18(16-4-2-1-3-5-16)13-29-22(20)26-14-25-21/h1-9,13-14H,10-12H2,(H,24,27). The summed E-state index contributed by atoms with van der Waals surface area (Å²) in [6.07, 6.45) is 2.06. The second-order valence-corrected chi connectivity index (χ2v) is 7.25. The van der Waals surface area contributed by atoms with E-state index in [2.05, 4.69) is 15.3 Å². The van der Waals surface area contributed by atoms with Crippen molar-refractivity contribution >= 4 is 27.5 Å². The van der Waals surface area contributed by atoms with Crippen LogP contribution in [-0.4, -0.2) is 29.0 Å². The molecule has 0 aliphatic rings. The number of carbonyl (C=O) groups excluding carboxylic acids is 1. The highest BCUT2D eigenvalue weighted by Gasteiger charge is 2.15. The summed E-state index contributed by atoms with van der Waals surface area (Å²) in [5.41, 5.74) is 2.98. The van der Waals surface area contributed by atoms with Crippen LogP contribution in [0.15, 0.2) is 66.3 Å². The quantitative estimate of drug-likeness (QED) is 0.498. The summed E-state index contributed by atoms with van der Waals surface area (Å²) in [6.45, 7) is 0.306. The van der Waals surface area contributed by atoms with Gasteiger partial charge in [-0.3, -0.25) is 4.79 Å². The van der Waals surface area contributed by atoms with Crippen LogP contribution >= 0.6 is 11.3 Å². The SMILES string of the molecule is O=C(COc1ncnc2scc(-c3ccccc3)c12)NCCc1ccc(F)cc1. The van der Waals surface area contributed by atoms with Crippen LogP contribution in [0.3, 0.4) is 0 Å². The Balaban J connectivity index is 1.40. The molecule has 4 rings (SSSR count). The van der Waals surface area contributed by atoms with Gasteiger partial charge in [-0.05, 0) is 29.7 Å². The Hall–Kier alpha value is -3.32. The lowest BCUT2D eigenvalue weighted by molar-refractivity contribution is -0.123. The smallest absolute Gasteiger partial charge is 0.258 e. The fraction of sp³-hybridized carbons (Fsp3) is 0.136. The summed E-state index contributed by atoms with van der Waals surface area (Å²) < 4.78 is 18.6. The first kappa shape index (κ1) is 19.0. The molecule has 0 saturated heterocycles. The molecule has 146 valence electrons. The van der Waals surface area contributed by atoms with Gasteiger partial charge < -0.3 is 10.1 Å². The topological polar surface area (TPSA) is 64.1 Å². The third-order valence-corrected chi connectivity index (χ3v) is 5.30. The highest BCUT2D eigenvalue weighted by Crippen LogP contribution is 2.37. The van der Waals surface area contributed by atoms with E-state index in [1.807, 2.05) is 35.7 Å².